The smallest absolute Gasteiger partial charge is 0.317 e. The van der Waals surface area contributed by atoms with Crippen molar-refractivity contribution in [2.24, 2.45) is 5.92 Å². The number of nitrogens with zero attached hydrogens (tertiary/aromatic N) is 4. The van der Waals surface area contributed by atoms with E-state index >= 15 is 0 Å². The quantitative estimate of drug-likeness (QED) is 0.694. The van der Waals surface area contributed by atoms with Crippen LogP contribution >= 0.6 is 0 Å². The van der Waals surface area contributed by atoms with E-state index in [1.165, 1.54) is 0 Å². The zero-order valence-electron chi connectivity index (χ0n) is 10.1. The number of aliphatic hydroxyl groups excluding tert-OH is 2. The summed E-state index contributed by atoms with van der Waals surface area (Å²) < 4.78 is 5.43. The van der Waals surface area contributed by atoms with Gasteiger partial charge in [0.1, 0.15) is 0 Å². The topological polar surface area (TPSA) is 85.9 Å². The Hall–Kier alpha value is -1.18. The van der Waals surface area contributed by atoms with Crippen molar-refractivity contribution in [2.75, 3.05) is 38.7 Å². The number of anilines is 1. The molecule has 0 bridgehead atoms. The Morgan fingerprint density at radius 3 is 2.71 bits per heavy atom. The lowest BCUT2D eigenvalue weighted by Gasteiger charge is -2.11. The van der Waals surface area contributed by atoms with Gasteiger partial charge in [0.2, 0.25) is 5.89 Å². The summed E-state index contributed by atoms with van der Waals surface area (Å²) in [5.41, 5.74) is 0. The molecule has 2 N–H and O–H groups in total. The highest BCUT2D eigenvalue weighted by atomic mass is 16.4. The molecule has 0 amide bonds. The van der Waals surface area contributed by atoms with Crippen LogP contribution in [-0.2, 0) is 6.54 Å². The Kier molecular flexibility index (Phi) is 3.60. The summed E-state index contributed by atoms with van der Waals surface area (Å²) in [6.45, 7) is 1.70. The Morgan fingerprint density at radius 1 is 1.41 bits per heavy atom. The van der Waals surface area contributed by atoms with Gasteiger partial charge in [-0.15, -0.1) is 5.10 Å². The van der Waals surface area contributed by atoms with Gasteiger partial charge in [-0.25, -0.2) is 0 Å². The molecule has 2 unspecified atom stereocenters. The van der Waals surface area contributed by atoms with Gasteiger partial charge in [-0.1, -0.05) is 5.10 Å². The molecule has 1 aliphatic rings. The van der Waals surface area contributed by atoms with Crippen LogP contribution in [0, 0.1) is 5.92 Å². The van der Waals surface area contributed by atoms with Crippen molar-refractivity contribution >= 4 is 6.01 Å². The van der Waals surface area contributed by atoms with Crippen LogP contribution in [0.2, 0.25) is 0 Å². The van der Waals surface area contributed by atoms with E-state index in [2.05, 4.69) is 10.2 Å². The SMILES string of the molecule is CN(C)c1nnc(CN2CC(O)C(CO)C2)o1. The maximum Gasteiger partial charge on any atom is 0.317 e. The van der Waals surface area contributed by atoms with Crippen molar-refractivity contribution in [3.8, 4) is 0 Å². The molecule has 0 radical (unpaired) electrons. The summed E-state index contributed by atoms with van der Waals surface area (Å²) in [4.78, 5) is 3.74. The average Bonchev–Trinajstić information content (AvgIpc) is 2.86. The summed E-state index contributed by atoms with van der Waals surface area (Å²) in [5, 5.41) is 26.5. The van der Waals surface area contributed by atoms with Crippen LogP contribution < -0.4 is 4.90 Å². The number of aliphatic hydroxyl groups is 2. The van der Waals surface area contributed by atoms with Gasteiger partial charge in [-0.2, -0.15) is 0 Å². The van der Waals surface area contributed by atoms with E-state index in [0.717, 1.165) is 0 Å². The van der Waals surface area contributed by atoms with Crippen LogP contribution in [0.4, 0.5) is 6.01 Å². The molecular weight excluding hydrogens is 224 g/mol. The van der Waals surface area contributed by atoms with E-state index < -0.39 is 6.10 Å². The zero-order chi connectivity index (χ0) is 12.4. The molecule has 1 saturated heterocycles. The second kappa shape index (κ2) is 4.99. The summed E-state index contributed by atoms with van der Waals surface area (Å²) in [5.74, 6) is 0.450. The summed E-state index contributed by atoms with van der Waals surface area (Å²) in [7, 11) is 3.66. The van der Waals surface area contributed by atoms with Crippen molar-refractivity contribution in [1.82, 2.24) is 15.1 Å². The van der Waals surface area contributed by atoms with E-state index in [-0.39, 0.29) is 12.5 Å². The van der Waals surface area contributed by atoms with Crippen LogP contribution in [0.3, 0.4) is 0 Å². The molecule has 17 heavy (non-hydrogen) atoms. The molecule has 0 aromatic carbocycles. The number of likely N-dealkylation sites (tertiary alicyclic amines) is 1. The van der Waals surface area contributed by atoms with Crippen molar-refractivity contribution in [3.63, 3.8) is 0 Å². The molecule has 1 aromatic heterocycles. The number of hydrogen-bond acceptors (Lipinski definition) is 7. The van der Waals surface area contributed by atoms with Gasteiger partial charge in [0.05, 0.1) is 12.6 Å². The lowest BCUT2D eigenvalue weighted by Crippen LogP contribution is -2.21. The Balaban J connectivity index is 1.93. The molecule has 0 spiro atoms. The molecule has 2 atom stereocenters. The van der Waals surface area contributed by atoms with E-state index in [1.54, 1.807) is 4.90 Å². The first kappa shape index (κ1) is 12.3. The van der Waals surface area contributed by atoms with E-state index in [1.807, 2.05) is 19.0 Å². The van der Waals surface area contributed by atoms with E-state index in [9.17, 15) is 5.11 Å². The van der Waals surface area contributed by atoms with Gasteiger partial charge in [0, 0.05) is 39.7 Å². The number of aromatic nitrogens is 2. The minimum absolute atomic E-state index is 0.00441. The Morgan fingerprint density at radius 2 is 2.18 bits per heavy atom. The van der Waals surface area contributed by atoms with Crippen LogP contribution in [0.25, 0.3) is 0 Å². The number of hydrogen-bond donors (Lipinski definition) is 2. The largest absolute Gasteiger partial charge is 0.407 e. The highest BCUT2D eigenvalue weighted by Crippen LogP contribution is 2.19. The lowest BCUT2D eigenvalue weighted by atomic mass is 10.1. The van der Waals surface area contributed by atoms with Crippen LogP contribution in [0.5, 0.6) is 0 Å². The van der Waals surface area contributed by atoms with Crippen LogP contribution in [-0.4, -0.2) is 65.2 Å². The molecule has 96 valence electrons. The van der Waals surface area contributed by atoms with E-state index in [4.69, 9.17) is 9.52 Å². The predicted molar refractivity (Wildman–Crippen MR) is 60.5 cm³/mol. The minimum Gasteiger partial charge on any atom is -0.407 e. The Bertz CT molecular complexity index is 368. The van der Waals surface area contributed by atoms with Crippen LogP contribution in [0.15, 0.2) is 4.42 Å². The van der Waals surface area contributed by atoms with Gasteiger partial charge in [-0.3, -0.25) is 4.90 Å². The summed E-state index contributed by atoms with van der Waals surface area (Å²) >= 11 is 0. The maximum absolute atomic E-state index is 9.65. The Labute approximate surface area is 99.7 Å². The first-order valence-electron chi connectivity index (χ1n) is 5.61. The maximum atomic E-state index is 9.65. The second-order valence-corrected chi connectivity index (χ2v) is 4.58. The van der Waals surface area contributed by atoms with Gasteiger partial charge in [0.25, 0.3) is 0 Å². The van der Waals surface area contributed by atoms with Crippen molar-refractivity contribution in [1.29, 1.82) is 0 Å². The molecule has 7 nitrogen and oxygen atoms in total. The van der Waals surface area contributed by atoms with Gasteiger partial charge < -0.3 is 19.5 Å². The normalized spacial score (nSPS) is 25.4. The third-order valence-electron chi connectivity index (χ3n) is 2.91. The summed E-state index contributed by atoms with van der Waals surface area (Å²) in [6.07, 6.45) is -0.476. The van der Waals surface area contributed by atoms with Crippen molar-refractivity contribution in [3.05, 3.63) is 5.89 Å². The minimum atomic E-state index is -0.476. The molecule has 1 aromatic rings. The molecule has 1 aliphatic heterocycles. The third-order valence-corrected chi connectivity index (χ3v) is 2.91. The molecule has 1 fully saturated rings. The fourth-order valence-corrected chi connectivity index (χ4v) is 1.93. The molecule has 7 heteroatoms. The number of rotatable bonds is 4. The molecule has 2 heterocycles. The van der Waals surface area contributed by atoms with Gasteiger partial charge >= 0.3 is 6.01 Å². The third kappa shape index (κ3) is 2.74. The monoisotopic (exact) mass is 242 g/mol. The second-order valence-electron chi connectivity index (χ2n) is 4.58. The molecular formula is C10H18N4O3. The first-order chi connectivity index (χ1) is 8.10. The lowest BCUT2D eigenvalue weighted by molar-refractivity contribution is 0.103. The van der Waals surface area contributed by atoms with Gasteiger partial charge in [-0.05, 0) is 0 Å². The zero-order valence-corrected chi connectivity index (χ0v) is 10.1. The summed E-state index contributed by atoms with van der Waals surface area (Å²) in [6, 6.07) is 0.471. The first-order valence-corrected chi connectivity index (χ1v) is 5.61. The molecule has 0 saturated carbocycles. The van der Waals surface area contributed by atoms with Crippen molar-refractivity contribution < 1.29 is 14.6 Å². The van der Waals surface area contributed by atoms with Gasteiger partial charge in [0.15, 0.2) is 0 Å². The fraction of sp³-hybridized carbons (Fsp3) is 0.800. The number of β-amino-alcohol motifs (C(OH)–C–C–N with tert-alkyl or cyclic N) is 1. The predicted octanol–water partition coefficient (Wildman–Crippen LogP) is -1.08. The van der Waals surface area contributed by atoms with Crippen LogP contribution in [0.1, 0.15) is 5.89 Å². The fourth-order valence-electron chi connectivity index (χ4n) is 1.93. The van der Waals surface area contributed by atoms with E-state index in [0.29, 0.717) is 31.5 Å². The highest BCUT2D eigenvalue weighted by molar-refractivity contribution is 5.19. The standard InChI is InChI=1S/C10H18N4O3/c1-13(2)10-12-11-9(17-10)5-14-3-7(6-15)8(16)4-14/h7-8,15-16H,3-6H2,1-2H3. The highest BCUT2D eigenvalue weighted by Gasteiger charge is 2.31. The average molecular weight is 242 g/mol. The molecule has 2 rings (SSSR count). The molecule has 0 aliphatic carbocycles. The van der Waals surface area contributed by atoms with Crippen molar-refractivity contribution in [2.45, 2.75) is 12.6 Å².